The van der Waals surface area contributed by atoms with Gasteiger partial charge in [0, 0.05) is 6.54 Å². The summed E-state index contributed by atoms with van der Waals surface area (Å²) in [6.07, 6.45) is 3.26. The molecule has 2 aromatic rings. The van der Waals surface area contributed by atoms with Crippen LogP contribution in [0.3, 0.4) is 0 Å². The smallest absolute Gasteiger partial charge is 0.283 e. The first-order chi connectivity index (χ1) is 9.58. The molecular weight excluding hydrogens is 324 g/mol. The zero-order chi connectivity index (χ0) is 14.5. The van der Waals surface area contributed by atoms with Crippen LogP contribution in [0.25, 0.3) is 0 Å². The summed E-state index contributed by atoms with van der Waals surface area (Å²) in [4.78, 5) is 14.1. The Morgan fingerprint density at radius 2 is 2.30 bits per heavy atom. The van der Waals surface area contributed by atoms with Gasteiger partial charge in [-0.05, 0) is 42.2 Å². The first-order valence-corrected chi connectivity index (χ1v) is 7.04. The van der Waals surface area contributed by atoms with Crippen LogP contribution in [0.1, 0.15) is 5.76 Å². The van der Waals surface area contributed by atoms with Gasteiger partial charge in [-0.2, -0.15) is 5.10 Å². The van der Waals surface area contributed by atoms with Gasteiger partial charge in [0.2, 0.25) is 0 Å². The van der Waals surface area contributed by atoms with E-state index >= 15 is 0 Å². The Hall–Kier alpha value is -1.60. The molecule has 2 aromatic heterocycles. The molecule has 0 radical (unpaired) electrons. The maximum absolute atomic E-state index is 12.1. The lowest BCUT2D eigenvalue weighted by atomic mass is 10.4. The highest BCUT2D eigenvalue weighted by atomic mass is 79.9. The molecule has 20 heavy (non-hydrogen) atoms. The molecular formula is C13H17BrN4O2. The van der Waals surface area contributed by atoms with Crippen molar-refractivity contribution in [1.82, 2.24) is 14.7 Å². The Morgan fingerprint density at radius 1 is 1.50 bits per heavy atom. The number of aromatic nitrogens is 2. The highest BCUT2D eigenvalue weighted by Crippen LogP contribution is 2.17. The molecule has 1 N–H and O–H groups in total. The highest BCUT2D eigenvalue weighted by Gasteiger charge is 2.09. The fourth-order valence-electron chi connectivity index (χ4n) is 1.64. The first kappa shape index (κ1) is 14.8. The molecule has 108 valence electrons. The monoisotopic (exact) mass is 340 g/mol. The number of hydrogen-bond donors (Lipinski definition) is 1. The van der Waals surface area contributed by atoms with Crippen LogP contribution in [-0.2, 0) is 13.1 Å². The summed E-state index contributed by atoms with van der Waals surface area (Å²) in [5.74, 6) is 0.800. The molecule has 0 bridgehead atoms. The van der Waals surface area contributed by atoms with E-state index in [1.54, 1.807) is 12.5 Å². The van der Waals surface area contributed by atoms with Gasteiger partial charge in [-0.25, -0.2) is 4.68 Å². The Balaban J connectivity index is 2.08. The predicted octanol–water partition coefficient (Wildman–Crippen LogP) is 1.77. The molecule has 0 fully saturated rings. The van der Waals surface area contributed by atoms with Crippen molar-refractivity contribution >= 4 is 21.6 Å². The van der Waals surface area contributed by atoms with E-state index < -0.39 is 0 Å². The summed E-state index contributed by atoms with van der Waals surface area (Å²) in [6, 6.07) is 3.69. The maximum atomic E-state index is 12.1. The largest absolute Gasteiger partial charge is 0.467 e. The number of anilines is 1. The van der Waals surface area contributed by atoms with Crippen LogP contribution in [0.4, 0.5) is 5.69 Å². The van der Waals surface area contributed by atoms with E-state index in [1.807, 2.05) is 31.1 Å². The Morgan fingerprint density at radius 3 is 2.95 bits per heavy atom. The lowest BCUT2D eigenvalue weighted by Crippen LogP contribution is -2.29. The molecule has 0 unspecified atom stereocenters. The summed E-state index contributed by atoms with van der Waals surface area (Å²) in [5, 5.41) is 7.29. The summed E-state index contributed by atoms with van der Waals surface area (Å²) >= 11 is 3.32. The highest BCUT2D eigenvalue weighted by molar-refractivity contribution is 9.10. The van der Waals surface area contributed by atoms with Gasteiger partial charge in [0.05, 0.1) is 31.2 Å². The van der Waals surface area contributed by atoms with Gasteiger partial charge >= 0.3 is 0 Å². The zero-order valence-electron chi connectivity index (χ0n) is 11.5. The van der Waals surface area contributed by atoms with Gasteiger partial charge in [-0.15, -0.1) is 0 Å². The van der Waals surface area contributed by atoms with Crippen molar-refractivity contribution in [2.75, 3.05) is 26.0 Å². The average molecular weight is 341 g/mol. The van der Waals surface area contributed by atoms with E-state index in [-0.39, 0.29) is 5.56 Å². The van der Waals surface area contributed by atoms with Crippen molar-refractivity contribution in [3.8, 4) is 0 Å². The minimum atomic E-state index is -0.142. The van der Waals surface area contributed by atoms with Gasteiger partial charge in [0.25, 0.3) is 5.56 Å². The summed E-state index contributed by atoms with van der Waals surface area (Å²) < 4.78 is 7.16. The van der Waals surface area contributed by atoms with E-state index in [2.05, 4.69) is 26.3 Å². The molecule has 2 heterocycles. The number of hydrogen-bond acceptors (Lipinski definition) is 5. The average Bonchev–Trinajstić information content (AvgIpc) is 2.92. The van der Waals surface area contributed by atoms with Crippen molar-refractivity contribution in [2.45, 2.75) is 13.1 Å². The van der Waals surface area contributed by atoms with E-state index in [1.165, 1.54) is 4.68 Å². The van der Waals surface area contributed by atoms with E-state index in [4.69, 9.17) is 4.42 Å². The van der Waals surface area contributed by atoms with Crippen molar-refractivity contribution < 1.29 is 4.42 Å². The fourth-order valence-corrected chi connectivity index (χ4v) is 2.09. The third-order valence-corrected chi connectivity index (χ3v) is 3.54. The number of furan rings is 1. The number of halogens is 1. The fraction of sp³-hybridized carbons (Fsp3) is 0.385. The van der Waals surface area contributed by atoms with E-state index in [0.717, 1.165) is 12.3 Å². The molecule has 6 nitrogen and oxygen atoms in total. The SMILES string of the molecule is CN(C)CCn1ncc(NCc2ccco2)c(Br)c1=O. The summed E-state index contributed by atoms with van der Waals surface area (Å²) in [6.45, 7) is 1.83. The minimum Gasteiger partial charge on any atom is -0.467 e. The molecule has 0 aromatic carbocycles. The van der Waals surface area contributed by atoms with Gasteiger partial charge in [0.15, 0.2) is 0 Å². The molecule has 0 aliphatic rings. The lowest BCUT2D eigenvalue weighted by molar-refractivity contribution is 0.367. The van der Waals surface area contributed by atoms with E-state index in [0.29, 0.717) is 23.2 Å². The normalized spacial score (nSPS) is 11.0. The Bertz CT molecular complexity index is 607. The first-order valence-electron chi connectivity index (χ1n) is 6.24. The molecule has 0 aliphatic carbocycles. The molecule has 0 spiro atoms. The van der Waals surface area contributed by atoms with Gasteiger partial charge in [-0.1, -0.05) is 0 Å². The van der Waals surface area contributed by atoms with Crippen LogP contribution in [0.15, 0.2) is 38.3 Å². The van der Waals surface area contributed by atoms with Crippen LogP contribution in [0, 0.1) is 0 Å². The molecule has 0 aliphatic heterocycles. The maximum Gasteiger partial charge on any atom is 0.283 e. The molecule has 0 saturated heterocycles. The van der Waals surface area contributed by atoms with Crippen LogP contribution in [0.5, 0.6) is 0 Å². The molecule has 0 atom stereocenters. The number of nitrogens with one attached hydrogen (secondary N) is 1. The molecule has 7 heteroatoms. The van der Waals surface area contributed by atoms with E-state index in [9.17, 15) is 4.79 Å². The second kappa shape index (κ2) is 6.71. The van der Waals surface area contributed by atoms with Crippen LogP contribution < -0.4 is 10.9 Å². The van der Waals surface area contributed by atoms with Crippen molar-refractivity contribution in [2.24, 2.45) is 0 Å². The Labute approximate surface area is 125 Å². The summed E-state index contributed by atoms with van der Waals surface area (Å²) in [5.41, 5.74) is 0.517. The number of likely N-dealkylation sites (N-methyl/N-ethyl adjacent to an activating group) is 1. The van der Waals surface area contributed by atoms with Crippen LogP contribution >= 0.6 is 15.9 Å². The second-order valence-corrected chi connectivity index (χ2v) is 5.43. The zero-order valence-corrected chi connectivity index (χ0v) is 13.1. The van der Waals surface area contributed by atoms with Gasteiger partial charge < -0.3 is 14.6 Å². The predicted molar refractivity (Wildman–Crippen MR) is 80.8 cm³/mol. The van der Waals surface area contributed by atoms with Crippen LogP contribution in [-0.4, -0.2) is 35.3 Å². The Kier molecular flexibility index (Phi) is 4.97. The quantitative estimate of drug-likeness (QED) is 0.868. The second-order valence-electron chi connectivity index (χ2n) is 4.64. The number of rotatable bonds is 6. The van der Waals surface area contributed by atoms with Crippen molar-refractivity contribution in [3.63, 3.8) is 0 Å². The third kappa shape index (κ3) is 3.71. The minimum absolute atomic E-state index is 0.142. The standard InChI is InChI=1S/C13H17BrN4O2/c1-17(2)5-6-18-13(19)12(14)11(9-16-18)15-8-10-4-3-7-20-10/h3-4,7,9,15H,5-6,8H2,1-2H3. The van der Waals surface area contributed by atoms with Crippen molar-refractivity contribution in [1.29, 1.82) is 0 Å². The van der Waals surface area contributed by atoms with Gasteiger partial charge in [0.1, 0.15) is 10.2 Å². The van der Waals surface area contributed by atoms with Crippen molar-refractivity contribution in [3.05, 3.63) is 45.2 Å². The number of nitrogens with zero attached hydrogens (tertiary/aromatic N) is 3. The molecule has 2 rings (SSSR count). The van der Waals surface area contributed by atoms with Gasteiger partial charge in [-0.3, -0.25) is 4.79 Å². The summed E-state index contributed by atoms with van der Waals surface area (Å²) in [7, 11) is 3.92. The lowest BCUT2D eigenvalue weighted by Gasteiger charge is -2.12. The topological polar surface area (TPSA) is 63.3 Å². The third-order valence-electron chi connectivity index (χ3n) is 2.78. The molecule has 0 saturated carbocycles. The molecule has 0 amide bonds. The van der Waals surface area contributed by atoms with Crippen LogP contribution in [0.2, 0.25) is 0 Å².